The fraction of sp³-hybridized carbons (Fsp3) is 0.167. The third-order valence-corrected chi connectivity index (χ3v) is 4.79. The first-order chi connectivity index (χ1) is 11.0. The zero-order chi connectivity index (χ0) is 16.2. The third kappa shape index (κ3) is 1.76. The molecule has 4 rings (SSSR count). The van der Waals surface area contributed by atoms with Gasteiger partial charge in [0.25, 0.3) is 0 Å². The first-order valence-electron chi connectivity index (χ1n) is 7.66. The van der Waals surface area contributed by atoms with Gasteiger partial charge in [0.2, 0.25) is 0 Å². The Bertz CT molecular complexity index is 862. The molecule has 2 aliphatic heterocycles. The van der Waals surface area contributed by atoms with Gasteiger partial charge in [-0.1, -0.05) is 36.4 Å². The standard InChI is InChI=1S/C18H16BF2NO/c1-3-12-18(2)14-9-5-6-10-15(14)22-17(18)13-8-4-7-11-16(13)23-19(22,20)21/h3-11H,1,12H2,2H3. The van der Waals surface area contributed by atoms with Crippen LogP contribution in [-0.2, 0) is 5.41 Å². The molecule has 116 valence electrons. The molecule has 23 heavy (non-hydrogen) atoms. The molecule has 2 nitrogen and oxygen atoms in total. The van der Waals surface area contributed by atoms with E-state index in [2.05, 4.69) is 6.58 Å². The van der Waals surface area contributed by atoms with E-state index in [9.17, 15) is 8.63 Å². The molecule has 2 heterocycles. The molecule has 2 aromatic carbocycles. The van der Waals surface area contributed by atoms with Crippen LogP contribution in [0.2, 0.25) is 0 Å². The Morgan fingerprint density at radius 2 is 1.87 bits per heavy atom. The lowest BCUT2D eigenvalue weighted by Crippen LogP contribution is -2.50. The summed E-state index contributed by atoms with van der Waals surface area (Å²) in [5.41, 5.74) is 2.18. The van der Waals surface area contributed by atoms with Gasteiger partial charge in [-0.3, -0.25) is 0 Å². The van der Waals surface area contributed by atoms with Crippen LogP contribution in [0.5, 0.6) is 5.75 Å². The first kappa shape index (κ1) is 14.2. The Kier molecular flexibility index (Phi) is 2.80. The summed E-state index contributed by atoms with van der Waals surface area (Å²) in [5.74, 6) is 0.242. The van der Waals surface area contributed by atoms with Gasteiger partial charge in [-0.2, -0.15) is 0 Å². The van der Waals surface area contributed by atoms with Crippen molar-refractivity contribution >= 4 is 18.4 Å². The van der Waals surface area contributed by atoms with Crippen LogP contribution in [0.1, 0.15) is 24.5 Å². The van der Waals surface area contributed by atoms with Crippen LogP contribution in [0.25, 0.3) is 0 Å². The van der Waals surface area contributed by atoms with Gasteiger partial charge in [0.05, 0.1) is 16.7 Å². The molecule has 0 spiro atoms. The summed E-state index contributed by atoms with van der Waals surface area (Å²) in [6.45, 7) is 5.82. The normalized spacial score (nSPS) is 23.6. The molecule has 1 atom stereocenters. The second-order valence-corrected chi connectivity index (χ2v) is 6.24. The zero-order valence-corrected chi connectivity index (χ0v) is 12.8. The molecular formula is C18H16BF2NO. The Hall–Kier alpha value is -2.43. The largest absolute Gasteiger partial charge is 0.834 e. The molecule has 0 amide bonds. The molecule has 5 heteroatoms. The number of hydrogen-bond acceptors (Lipinski definition) is 1. The van der Waals surface area contributed by atoms with Crippen molar-refractivity contribution in [2.24, 2.45) is 0 Å². The number of hydrogen-bond donors (Lipinski definition) is 0. The van der Waals surface area contributed by atoms with Crippen LogP contribution in [0.4, 0.5) is 14.3 Å². The minimum absolute atomic E-state index is 0.242. The third-order valence-electron chi connectivity index (χ3n) is 4.79. The van der Waals surface area contributed by atoms with Gasteiger partial charge in [0.15, 0.2) is 11.4 Å². The fourth-order valence-corrected chi connectivity index (χ4v) is 3.87. The molecule has 0 saturated heterocycles. The average molecular weight is 311 g/mol. The summed E-state index contributed by atoms with van der Waals surface area (Å²) < 4.78 is 35.8. The maximum atomic E-state index is 14.8. The second kappa shape index (κ2) is 4.54. The van der Waals surface area contributed by atoms with E-state index in [1.54, 1.807) is 30.3 Å². The molecule has 0 aromatic heterocycles. The Morgan fingerprint density at radius 1 is 1.17 bits per heavy atom. The number of para-hydroxylation sites is 2. The van der Waals surface area contributed by atoms with Gasteiger partial charge < -0.3 is 17.8 Å². The van der Waals surface area contributed by atoms with Gasteiger partial charge >= 0.3 is 7.04 Å². The van der Waals surface area contributed by atoms with Crippen molar-refractivity contribution in [1.82, 2.24) is 0 Å². The van der Waals surface area contributed by atoms with Crippen molar-refractivity contribution in [3.05, 3.63) is 72.3 Å². The SMILES string of the molecule is C=CCC1(C)C2=[N+](c3ccccc31)[B-](F)(F)Oc1ccccc12. The van der Waals surface area contributed by atoms with Crippen LogP contribution >= 0.6 is 0 Å². The average Bonchev–Trinajstić information content (AvgIpc) is 2.79. The van der Waals surface area contributed by atoms with Crippen molar-refractivity contribution in [2.45, 2.75) is 18.8 Å². The summed E-state index contributed by atoms with van der Waals surface area (Å²) >= 11 is 0. The summed E-state index contributed by atoms with van der Waals surface area (Å²) in [6.07, 6.45) is 2.37. The van der Waals surface area contributed by atoms with Crippen molar-refractivity contribution in [2.75, 3.05) is 0 Å². The summed E-state index contributed by atoms with van der Waals surface area (Å²) in [4.78, 5) is 0. The highest BCUT2D eigenvalue weighted by Gasteiger charge is 2.60. The quantitative estimate of drug-likeness (QED) is 0.590. The molecular weight excluding hydrogens is 295 g/mol. The van der Waals surface area contributed by atoms with Gasteiger partial charge in [-0.25, -0.2) is 0 Å². The van der Waals surface area contributed by atoms with E-state index in [1.807, 2.05) is 31.2 Å². The Balaban J connectivity index is 2.12. The number of halogens is 2. The Labute approximate surface area is 133 Å². The number of allylic oxidation sites excluding steroid dienone is 1. The highest BCUT2D eigenvalue weighted by Crippen LogP contribution is 2.49. The number of rotatable bonds is 2. The predicted octanol–water partition coefficient (Wildman–Crippen LogP) is 4.43. The highest BCUT2D eigenvalue weighted by molar-refractivity contribution is 6.54. The van der Waals surface area contributed by atoms with Crippen molar-refractivity contribution < 1.29 is 17.8 Å². The van der Waals surface area contributed by atoms with E-state index < -0.39 is 12.5 Å². The molecule has 1 unspecified atom stereocenters. The van der Waals surface area contributed by atoms with Crippen molar-refractivity contribution in [3.63, 3.8) is 0 Å². The fourth-order valence-electron chi connectivity index (χ4n) is 3.87. The van der Waals surface area contributed by atoms with E-state index >= 15 is 0 Å². The van der Waals surface area contributed by atoms with Gasteiger partial charge in [-0.15, -0.1) is 6.58 Å². The number of fused-ring (bicyclic) bond motifs is 4. The minimum atomic E-state index is -4.17. The van der Waals surface area contributed by atoms with E-state index in [4.69, 9.17) is 4.65 Å². The second-order valence-electron chi connectivity index (χ2n) is 6.24. The first-order valence-corrected chi connectivity index (χ1v) is 7.66. The highest BCUT2D eigenvalue weighted by atomic mass is 19.3. The van der Waals surface area contributed by atoms with Crippen molar-refractivity contribution in [3.8, 4) is 5.75 Å². The lowest BCUT2D eigenvalue weighted by atomic mass is 9.74. The molecule has 2 aliphatic rings. The maximum Gasteiger partial charge on any atom is 0.834 e. The molecule has 0 N–H and O–H groups in total. The summed E-state index contributed by atoms with van der Waals surface area (Å²) in [6, 6.07) is 14.3. The van der Waals surface area contributed by atoms with Gasteiger partial charge in [0.1, 0.15) is 0 Å². The molecule has 0 saturated carbocycles. The topological polar surface area (TPSA) is 12.2 Å². The van der Waals surface area contributed by atoms with E-state index in [0.29, 0.717) is 17.8 Å². The van der Waals surface area contributed by atoms with Crippen LogP contribution in [0, 0.1) is 0 Å². The van der Waals surface area contributed by atoms with Gasteiger partial charge in [-0.05, 0) is 25.5 Å². The maximum absolute atomic E-state index is 14.8. The van der Waals surface area contributed by atoms with Gasteiger partial charge in [0, 0.05) is 11.6 Å². The van der Waals surface area contributed by atoms with E-state index in [1.165, 1.54) is 0 Å². The van der Waals surface area contributed by atoms with Crippen LogP contribution < -0.4 is 4.65 Å². The molecule has 0 aliphatic carbocycles. The van der Waals surface area contributed by atoms with Crippen LogP contribution in [0.3, 0.4) is 0 Å². The number of benzene rings is 2. The smallest absolute Gasteiger partial charge is 0.599 e. The molecule has 0 bridgehead atoms. The Morgan fingerprint density at radius 3 is 2.65 bits per heavy atom. The van der Waals surface area contributed by atoms with Crippen molar-refractivity contribution in [1.29, 1.82) is 0 Å². The monoisotopic (exact) mass is 311 g/mol. The summed E-state index contributed by atoms with van der Waals surface area (Å²) in [7, 11) is -4.17. The summed E-state index contributed by atoms with van der Waals surface area (Å²) in [5, 5.41) is 0. The van der Waals surface area contributed by atoms with E-state index in [0.717, 1.165) is 15.6 Å². The zero-order valence-electron chi connectivity index (χ0n) is 12.8. The van der Waals surface area contributed by atoms with Crippen LogP contribution in [0.15, 0.2) is 61.2 Å². The predicted molar refractivity (Wildman–Crippen MR) is 87.7 cm³/mol. The van der Waals surface area contributed by atoms with Crippen LogP contribution in [-0.4, -0.2) is 17.2 Å². The lowest BCUT2D eigenvalue weighted by Gasteiger charge is -2.32. The lowest BCUT2D eigenvalue weighted by molar-refractivity contribution is -0.346. The minimum Gasteiger partial charge on any atom is -0.599 e. The molecule has 0 fully saturated rings. The molecule has 0 radical (unpaired) electrons. The molecule has 2 aromatic rings. The number of nitrogens with zero attached hydrogens (tertiary/aromatic N) is 1. The van der Waals surface area contributed by atoms with E-state index in [-0.39, 0.29) is 5.75 Å².